The van der Waals surface area contributed by atoms with Gasteiger partial charge in [0, 0.05) is 39.7 Å². The lowest BCUT2D eigenvalue weighted by Gasteiger charge is -2.21. The molecule has 1 saturated heterocycles. The highest BCUT2D eigenvalue weighted by atomic mass is 16.5. The highest BCUT2D eigenvalue weighted by molar-refractivity contribution is 5.86. The van der Waals surface area contributed by atoms with Gasteiger partial charge in [-0.1, -0.05) is 12.1 Å². The Labute approximate surface area is 167 Å². The number of hydrogen-bond acceptors (Lipinski definition) is 5. The minimum Gasteiger partial charge on any atom is -0.497 e. The molecule has 0 saturated carbocycles. The first-order chi connectivity index (χ1) is 13.7. The van der Waals surface area contributed by atoms with Crippen LogP contribution in [0.1, 0.15) is 12.0 Å². The van der Waals surface area contributed by atoms with Gasteiger partial charge in [-0.2, -0.15) is 0 Å². The van der Waals surface area contributed by atoms with E-state index in [1.165, 1.54) is 0 Å². The van der Waals surface area contributed by atoms with E-state index in [4.69, 9.17) is 14.2 Å². The largest absolute Gasteiger partial charge is 0.497 e. The van der Waals surface area contributed by atoms with E-state index in [2.05, 4.69) is 20.5 Å². The third-order valence-electron chi connectivity index (χ3n) is 4.64. The highest BCUT2D eigenvalue weighted by Gasteiger charge is 2.25. The molecule has 0 radical (unpaired) electrons. The minimum atomic E-state index is -0.0735. The molecule has 0 bridgehead atoms. The zero-order valence-corrected chi connectivity index (χ0v) is 17.1. The van der Waals surface area contributed by atoms with Crippen LogP contribution in [-0.4, -0.2) is 77.5 Å². The van der Waals surface area contributed by atoms with Gasteiger partial charge >= 0.3 is 0 Å². The first-order valence-electron chi connectivity index (χ1n) is 9.58. The first-order valence-corrected chi connectivity index (χ1v) is 9.58. The lowest BCUT2D eigenvalue weighted by Crippen LogP contribution is -2.44. The zero-order chi connectivity index (χ0) is 20.2. The molecule has 0 aliphatic carbocycles. The summed E-state index contributed by atoms with van der Waals surface area (Å²) in [4.78, 5) is 18.6. The van der Waals surface area contributed by atoms with Crippen molar-refractivity contribution < 1.29 is 19.0 Å². The van der Waals surface area contributed by atoms with Crippen LogP contribution in [-0.2, 0) is 20.8 Å². The Bertz CT molecular complexity index is 621. The van der Waals surface area contributed by atoms with Gasteiger partial charge in [-0.15, -0.1) is 0 Å². The number of methoxy groups -OCH3 is 2. The molecule has 156 valence electrons. The topological polar surface area (TPSA) is 84.4 Å². The van der Waals surface area contributed by atoms with Gasteiger partial charge in [0.15, 0.2) is 5.96 Å². The highest BCUT2D eigenvalue weighted by Crippen LogP contribution is 2.16. The fraction of sp³-hybridized carbons (Fsp3) is 0.600. The van der Waals surface area contributed by atoms with Gasteiger partial charge in [-0.25, -0.2) is 0 Å². The third-order valence-corrected chi connectivity index (χ3v) is 4.64. The molecule has 8 nitrogen and oxygen atoms in total. The van der Waals surface area contributed by atoms with Crippen molar-refractivity contribution in [1.29, 1.82) is 0 Å². The molecule has 1 amide bonds. The smallest absolute Gasteiger partial charge is 0.239 e. The molecule has 1 aliphatic rings. The van der Waals surface area contributed by atoms with Crippen LogP contribution in [0, 0.1) is 5.92 Å². The van der Waals surface area contributed by atoms with Crippen molar-refractivity contribution in [3.63, 3.8) is 0 Å². The summed E-state index contributed by atoms with van der Waals surface area (Å²) in [6.45, 7) is 4.41. The molecular weight excluding hydrogens is 360 g/mol. The molecule has 1 fully saturated rings. The zero-order valence-electron chi connectivity index (χ0n) is 17.1. The Morgan fingerprint density at radius 3 is 2.68 bits per heavy atom. The Morgan fingerprint density at radius 1 is 1.21 bits per heavy atom. The summed E-state index contributed by atoms with van der Waals surface area (Å²) in [6, 6.07) is 7.63. The van der Waals surface area contributed by atoms with Crippen molar-refractivity contribution in [3.8, 4) is 5.75 Å². The Kier molecular flexibility index (Phi) is 9.57. The van der Waals surface area contributed by atoms with Crippen molar-refractivity contribution in [2.45, 2.75) is 13.0 Å². The summed E-state index contributed by atoms with van der Waals surface area (Å²) < 4.78 is 15.7. The van der Waals surface area contributed by atoms with Crippen LogP contribution in [0.4, 0.5) is 0 Å². The third kappa shape index (κ3) is 7.36. The number of carbonyl (C=O) groups excluding carboxylic acids is 1. The van der Waals surface area contributed by atoms with E-state index in [1.54, 1.807) is 21.3 Å². The van der Waals surface area contributed by atoms with Crippen molar-refractivity contribution in [2.24, 2.45) is 10.9 Å². The number of likely N-dealkylation sites (tertiary alicyclic amines) is 1. The number of aliphatic imine (C=N–C) groups is 1. The van der Waals surface area contributed by atoms with E-state index in [0.717, 1.165) is 43.4 Å². The SMILES string of the molecule is CN=C(NCC(=O)NCc1ccc(OC)cc1)N1CCC(COCCOC)C1. The number of hydrogen-bond donors (Lipinski definition) is 2. The number of amides is 1. The lowest BCUT2D eigenvalue weighted by atomic mass is 10.1. The molecule has 0 aromatic heterocycles. The standard InChI is InChI=1S/C20H32N4O4/c1-21-20(24-9-8-17(14-24)15-28-11-10-26-2)23-13-19(25)22-12-16-4-6-18(27-3)7-5-16/h4-7,17H,8-15H2,1-3H3,(H,21,23)(H,22,25). The van der Waals surface area contributed by atoms with Crippen LogP contribution in [0.25, 0.3) is 0 Å². The lowest BCUT2D eigenvalue weighted by molar-refractivity contribution is -0.120. The van der Waals surface area contributed by atoms with Gasteiger partial charge in [0.05, 0.1) is 33.5 Å². The first kappa shape index (κ1) is 22.0. The number of benzene rings is 1. The maximum absolute atomic E-state index is 12.1. The molecule has 1 unspecified atom stereocenters. The fourth-order valence-corrected chi connectivity index (χ4v) is 3.05. The van der Waals surface area contributed by atoms with Crippen LogP contribution < -0.4 is 15.4 Å². The summed E-state index contributed by atoms with van der Waals surface area (Å²) >= 11 is 0. The average Bonchev–Trinajstić information content (AvgIpc) is 3.19. The van der Waals surface area contributed by atoms with Gasteiger partial charge in [-0.05, 0) is 24.1 Å². The van der Waals surface area contributed by atoms with Crippen molar-refractivity contribution >= 4 is 11.9 Å². The molecule has 2 rings (SSSR count). The second-order valence-electron chi connectivity index (χ2n) is 6.69. The van der Waals surface area contributed by atoms with Crippen LogP contribution in [0.15, 0.2) is 29.3 Å². The van der Waals surface area contributed by atoms with Crippen molar-refractivity contribution in [1.82, 2.24) is 15.5 Å². The quantitative estimate of drug-likeness (QED) is 0.349. The summed E-state index contributed by atoms with van der Waals surface area (Å²) in [5, 5.41) is 6.05. The Morgan fingerprint density at radius 2 is 2.00 bits per heavy atom. The number of rotatable bonds is 10. The van der Waals surface area contributed by atoms with Gasteiger partial charge in [0.2, 0.25) is 5.91 Å². The fourth-order valence-electron chi connectivity index (χ4n) is 3.05. The molecule has 8 heteroatoms. The number of nitrogens with zero attached hydrogens (tertiary/aromatic N) is 2. The van der Waals surface area contributed by atoms with Crippen LogP contribution in [0.5, 0.6) is 5.75 Å². The summed E-state index contributed by atoms with van der Waals surface area (Å²) in [5.74, 6) is 1.95. The normalized spacial score (nSPS) is 16.9. The van der Waals surface area contributed by atoms with Crippen molar-refractivity contribution in [3.05, 3.63) is 29.8 Å². The predicted molar refractivity (Wildman–Crippen MR) is 109 cm³/mol. The number of nitrogens with one attached hydrogen (secondary N) is 2. The number of ether oxygens (including phenoxy) is 3. The Balaban J connectivity index is 1.67. The molecule has 2 N–H and O–H groups in total. The Hall–Kier alpha value is -2.32. The molecule has 1 atom stereocenters. The van der Waals surface area contributed by atoms with Crippen LogP contribution in [0.3, 0.4) is 0 Å². The summed E-state index contributed by atoms with van der Waals surface area (Å²) in [7, 11) is 5.04. The molecule has 1 aromatic carbocycles. The van der Waals surface area contributed by atoms with E-state index in [9.17, 15) is 4.79 Å². The van der Waals surface area contributed by atoms with Crippen molar-refractivity contribution in [2.75, 3.05) is 60.7 Å². The van der Waals surface area contributed by atoms with E-state index in [-0.39, 0.29) is 12.5 Å². The molecule has 1 aliphatic heterocycles. The molecule has 1 heterocycles. The second kappa shape index (κ2) is 12.2. The average molecular weight is 393 g/mol. The number of carbonyl (C=O) groups is 1. The summed E-state index contributed by atoms with van der Waals surface area (Å²) in [6.07, 6.45) is 1.05. The second-order valence-corrected chi connectivity index (χ2v) is 6.69. The summed E-state index contributed by atoms with van der Waals surface area (Å²) in [5.41, 5.74) is 1.02. The molecular formula is C20H32N4O4. The maximum atomic E-state index is 12.1. The van der Waals surface area contributed by atoms with Gasteiger partial charge < -0.3 is 29.7 Å². The monoisotopic (exact) mass is 392 g/mol. The van der Waals surface area contributed by atoms with E-state index in [1.807, 2.05) is 24.3 Å². The van der Waals surface area contributed by atoms with E-state index >= 15 is 0 Å². The molecule has 28 heavy (non-hydrogen) atoms. The maximum Gasteiger partial charge on any atom is 0.239 e. The van der Waals surface area contributed by atoms with E-state index < -0.39 is 0 Å². The molecule has 1 aromatic rings. The number of guanidine groups is 1. The van der Waals surface area contributed by atoms with Crippen LogP contribution >= 0.6 is 0 Å². The predicted octanol–water partition coefficient (Wildman–Crippen LogP) is 0.872. The molecule has 0 spiro atoms. The van der Waals surface area contributed by atoms with Crippen LogP contribution in [0.2, 0.25) is 0 Å². The minimum absolute atomic E-state index is 0.0735. The van der Waals surface area contributed by atoms with Gasteiger partial charge in [0.25, 0.3) is 0 Å². The van der Waals surface area contributed by atoms with E-state index in [0.29, 0.717) is 25.7 Å². The van der Waals surface area contributed by atoms with Gasteiger partial charge in [0.1, 0.15) is 5.75 Å². The van der Waals surface area contributed by atoms with Gasteiger partial charge in [-0.3, -0.25) is 9.79 Å².